The van der Waals surface area contributed by atoms with Gasteiger partial charge >= 0.3 is 5.97 Å². The second-order valence-corrected chi connectivity index (χ2v) is 8.99. The molecular formula is C21H36N2O3. The SMILES string of the molecule is CC1=CC(N2CCOCC2)N(CCCC(C)(C)C)C(C(C)C)=C1C(=O)O. The van der Waals surface area contributed by atoms with Crippen LogP contribution in [0.3, 0.4) is 0 Å². The van der Waals surface area contributed by atoms with Crippen LogP contribution in [0, 0.1) is 11.3 Å². The Balaban J connectivity index is 2.35. The maximum Gasteiger partial charge on any atom is 0.337 e. The number of rotatable bonds is 6. The van der Waals surface area contributed by atoms with E-state index in [-0.39, 0.29) is 17.5 Å². The van der Waals surface area contributed by atoms with Gasteiger partial charge in [0.2, 0.25) is 0 Å². The summed E-state index contributed by atoms with van der Waals surface area (Å²) in [5, 5.41) is 9.84. The Hall–Kier alpha value is -1.33. The van der Waals surface area contributed by atoms with Gasteiger partial charge in [0, 0.05) is 25.3 Å². The maximum atomic E-state index is 12.0. The number of ether oxygens (including phenoxy) is 1. The second kappa shape index (κ2) is 8.57. The van der Waals surface area contributed by atoms with Gasteiger partial charge in [-0.15, -0.1) is 0 Å². The van der Waals surface area contributed by atoms with Crippen molar-refractivity contribution in [3.05, 3.63) is 22.9 Å². The van der Waals surface area contributed by atoms with Crippen LogP contribution in [0.4, 0.5) is 0 Å². The van der Waals surface area contributed by atoms with Gasteiger partial charge in [-0.3, -0.25) is 4.90 Å². The van der Waals surface area contributed by atoms with E-state index in [0.29, 0.717) is 5.57 Å². The monoisotopic (exact) mass is 364 g/mol. The number of nitrogens with zero attached hydrogens (tertiary/aromatic N) is 2. The van der Waals surface area contributed by atoms with Gasteiger partial charge in [-0.1, -0.05) is 34.6 Å². The predicted molar refractivity (Wildman–Crippen MR) is 105 cm³/mol. The van der Waals surface area contributed by atoms with Crippen molar-refractivity contribution >= 4 is 5.97 Å². The molecule has 0 aromatic heterocycles. The summed E-state index contributed by atoms with van der Waals surface area (Å²) in [6.45, 7) is 17.1. The third kappa shape index (κ3) is 5.10. The van der Waals surface area contributed by atoms with E-state index in [2.05, 4.69) is 50.5 Å². The van der Waals surface area contributed by atoms with E-state index in [1.54, 1.807) is 0 Å². The van der Waals surface area contributed by atoms with Crippen LogP contribution in [0.2, 0.25) is 0 Å². The van der Waals surface area contributed by atoms with E-state index in [1.807, 2.05) is 6.92 Å². The molecule has 2 aliphatic heterocycles. The molecule has 0 radical (unpaired) electrons. The number of aliphatic carboxylic acids is 1. The van der Waals surface area contributed by atoms with Crippen LogP contribution in [-0.2, 0) is 9.53 Å². The van der Waals surface area contributed by atoms with E-state index in [1.165, 1.54) is 0 Å². The molecule has 2 rings (SSSR count). The molecule has 1 fully saturated rings. The van der Waals surface area contributed by atoms with Crippen molar-refractivity contribution in [2.24, 2.45) is 11.3 Å². The van der Waals surface area contributed by atoms with Crippen molar-refractivity contribution in [3.63, 3.8) is 0 Å². The Kier molecular flexibility index (Phi) is 6.92. The zero-order valence-corrected chi connectivity index (χ0v) is 17.3. The number of carbonyl (C=O) groups is 1. The van der Waals surface area contributed by atoms with Crippen LogP contribution < -0.4 is 0 Å². The van der Waals surface area contributed by atoms with Gasteiger partial charge in [-0.05, 0) is 42.7 Å². The van der Waals surface area contributed by atoms with Crippen LogP contribution in [0.1, 0.15) is 54.4 Å². The quantitative estimate of drug-likeness (QED) is 0.778. The minimum Gasteiger partial charge on any atom is -0.478 e. The zero-order valence-electron chi connectivity index (χ0n) is 17.3. The highest BCUT2D eigenvalue weighted by Crippen LogP contribution is 2.34. The van der Waals surface area contributed by atoms with Gasteiger partial charge in [0.15, 0.2) is 0 Å². The molecule has 0 aromatic carbocycles. The molecule has 1 saturated heterocycles. The summed E-state index contributed by atoms with van der Waals surface area (Å²) in [5.41, 5.74) is 2.63. The first-order valence-electron chi connectivity index (χ1n) is 9.86. The van der Waals surface area contributed by atoms with Gasteiger partial charge in [0.25, 0.3) is 0 Å². The molecule has 1 atom stereocenters. The highest BCUT2D eigenvalue weighted by atomic mass is 16.5. The number of carboxylic acids is 1. The smallest absolute Gasteiger partial charge is 0.337 e. The Bertz CT molecular complexity index is 566. The maximum absolute atomic E-state index is 12.0. The van der Waals surface area contributed by atoms with Gasteiger partial charge in [-0.25, -0.2) is 4.79 Å². The van der Waals surface area contributed by atoms with Crippen molar-refractivity contribution in [2.45, 2.75) is 60.5 Å². The summed E-state index contributed by atoms with van der Waals surface area (Å²) in [6, 6.07) is 0. The Morgan fingerprint density at radius 3 is 2.42 bits per heavy atom. The molecule has 0 saturated carbocycles. The molecule has 26 heavy (non-hydrogen) atoms. The average molecular weight is 365 g/mol. The van der Waals surface area contributed by atoms with E-state index < -0.39 is 5.97 Å². The molecule has 148 valence electrons. The topological polar surface area (TPSA) is 53.0 Å². The van der Waals surface area contributed by atoms with E-state index in [0.717, 1.165) is 57.0 Å². The first-order valence-corrected chi connectivity index (χ1v) is 9.86. The Morgan fingerprint density at radius 1 is 1.31 bits per heavy atom. The third-order valence-electron chi connectivity index (χ3n) is 5.18. The number of allylic oxidation sites excluding steroid dienone is 1. The lowest BCUT2D eigenvalue weighted by atomic mass is 9.89. The van der Waals surface area contributed by atoms with Gasteiger partial charge < -0.3 is 14.7 Å². The lowest BCUT2D eigenvalue weighted by Gasteiger charge is -2.46. The minimum absolute atomic E-state index is 0.124. The molecule has 5 heteroatoms. The van der Waals surface area contributed by atoms with Crippen molar-refractivity contribution in [2.75, 3.05) is 32.8 Å². The summed E-state index contributed by atoms with van der Waals surface area (Å²) >= 11 is 0. The first-order chi connectivity index (χ1) is 12.1. The van der Waals surface area contributed by atoms with Crippen molar-refractivity contribution < 1.29 is 14.6 Å². The van der Waals surface area contributed by atoms with Crippen LogP contribution >= 0.6 is 0 Å². The average Bonchev–Trinajstić information content (AvgIpc) is 2.54. The summed E-state index contributed by atoms with van der Waals surface area (Å²) in [6.07, 6.45) is 4.44. The van der Waals surface area contributed by atoms with Gasteiger partial charge in [0.1, 0.15) is 6.17 Å². The molecule has 0 bridgehead atoms. The van der Waals surface area contributed by atoms with Gasteiger partial charge in [0.05, 0.1) is 18.8 Å². The third-order valence-corrected chi connectivity index (χ3v) is 5.18. The fourth-order valence-corrected chi connectivity index (χ4v) is 3.96. The number of morpholine rings is 1. The number of carboxylic acid groups (broad SMARTS) is 1. The van der Waals surface area contributed by atoms with Crippen LogP contribution in [0.25, 0.3) is 0 Å². The molecule has 0 amide bonds. The first kappa shape index (κ1) is 21.0. The summed E-state index contributed by atoms with van der Waals surface area (Å²) in [7, 11) is 0. The van der Waals surface area contributed by atoms with E-state index in [9.17, 15) is 9.90 Å². The minimum atomic E-state index is -0.816. The van der Waals surface area contributed by atoms with Crippen molar-refractivity contribution in [3.8, 4) is 0 Å². The summed E-state index contributed by atoms with van der Waals surface area (Å²) in [4.78, 5) is 16.7. The zero-order chi connectivity index (χ0) is 19.5. The fraction of sp³-hybridized carbons (Fsp3) is 0.762. The molecule has 0 spiro atoms. The molecule has 2 aliphatic rings. The van der Waals surface area contributed by atoms with E-state index >= 15 is 0 Å². The largest absolute Gasteiger partial charge is 0.478 e. The summed E-state index contributed by atoms with van der Waals surface area (Å²) < 4.78 is 5.53. The fourth-order valence-electron chi connectivity index (χ4n) is 3.96. The molecule has 1 N–H and O–H groups in total. The predicted octanol–water partition coefficient (Wildman–Crippen LogP) is 3.73. The Morgan fingerprint density at radius 2 is 1.92 bits per heavy atom. The van der Waals surface area contributed by atoms with Crippen molar-refractivity contribution in [1.29, 1.82) is 0 Å². The molecule has 2 heterocycles. The van der Waals surface area contributed by atoms with Crippen LogP contribution in [0.15, 0.2) is 22.9 Å². The van der Waals surface area contributed by atoms with Crippen LogP contribution in [-0.4, -0.2) is 59.9 Å². The Labute approximate surface area is 158 Å². The molecule has 1 unspecified atom stereocenters. The highest BCUT2D eigenvalue weighted by Gasteiger charge is 2.35. The molecule has 5 nitrogen and oxygen atoms in total. The van der Waals surface area contributed by atoms with Crippen molar-refractivity contribution in [1.82, 2.24) is 9.80 Å². The molecule has 0 aromatic rings. The normalized spacial score (nSPS) is 22.8. The van der Waals surface area contributed by atoms with Crippen LogP contribution in [0.5, 0.6) is 0 Å². The van der Waals surface area contributed by atoms with Gasteiger partial charge in [-0.2, -0.15) is 0 Å². The highest BCUT2D eigenvalue weighted by molar-refractivity contribution is 5.93. The number of hydrogen-bond acceptors (Lipinski definition) is 4. The lowest BCUT2D eigenvalue weighted by Crippen LogP contribution is -2.53. The molecule has 0 aliphatic carbocycles. The lowest BCUT2D eigenvalue weighted by molar-refractivity contribution is -0.132. The standard InChI is InChI=1S/C21H36N2O3/c1-15(2)19-18(20(24)25)16(3)14-17(22-10-12-26-13-11-22)23(19)9-7-8-21(4,5)6/h14-15,17H,7-13H2,1-6H3,(H,24,25). The second-order valence-electron chi connectivity index (χ2n) is 8.99. The molecular weight excluding hydrogens is 328 g/mol. The summed E-state index contributed by atoms with van der Waals surface area (Å²) in [5.74, 6) is -0.647. The van der Waals surface area contributed by atoms with E-state index in [4.69, 9.17) is 4.74 Å². The number of hydrogen-bond donors (Lipinski definition) is 1.